The second-order valence-corrected chi connectivity index (χ2v) is 17.2. The van der Waals surface area contributed by atoms with E-state index in [1.54, 1.807) is 27.9 Å². The number of nitrogens with zero attached hydrogens (tertiary/aromatic N) is 2. The van der Waals surface area contributed by atoms with Crippen molar-refractivity contribution in [3.63, 3.8) is 0 Å². The lowest BCUT2D eigenvalue weighted by Gasteiger charge is -2.49. The van der Waals surface area contributed by atoms with Crippen molar-refractivity contribution in [2.45, 2.75) is 185 Å². The lowest BCUT2D eigenvalue weighted by Crippen LogP contribution is -2.62. The highest BCUT2D eigenvalue weighted by Crippen LogP contribution is 2.40. The molecule has 6 N–H and O–H groups in total. The second kappa shape index (κ2) is 17.8. The van der Waals surface area contributed by atoms with E-state index in [-0.39, 0.29) is 37.3 Å². The highest BCUT2D eigenvalue weighted by Gasteiger charge is 2.52. The molecule has 52 heavy (non-hydrogen) atoms. The number of rotatable bonds is 7. The molecular formula is C38H73N3O11. The van der Waals surface area contributed by atoms with Crippen molar-refractivity contribution in [1.29, 1.82) is 0 Å². The van der Waals surface area contributed by atoms with E-state index in [9.17, 15) is 25.2 Å². The molecule has 0 aromatic carbocycles. The Morgan fingerprint density at radius 2 is 1.62 bits per heavy atom. The molecule has 3 aliphatic heterocycles. The van der Waals surface area contributed by atoms with Crippen LogP contribution in [0.15, 0.2) is 0 Å². The van der Waals surface area contributed by atoms with Crippen LogP contribution in [0.2, 0.25) is 0 Å². The van der Waals surface area contributed by atoms with Crippen LogP contribution in [0, 0.1) is 17.8 Å². The Bertz CT molecular complexity index is 1150. The molecular weight excluding hydrogens is 674 g/mol. The van der Waals surface area contributed by atoms with Crippen LogP contribution < -0.4 is 5.73 Å². The lowest BCUT2D eigenvalue weighted by molar-refractivity contribution is -0.311. The van der Waals surface area contributed by atoms with Crippen LogP contribution in [-0.4, -0.2) is 161 Å². The number of esters is 1. The van der Waals surface area contributed by atoms with Crippen LogP contribution in [-0.2, 0) is 33.2 Å². The Kier molecular flexibility index (Phi) is 15.6. The molecule has 0 saturated carbocycles. The first kappa shape index (κ1) is 45.4. The van der Waals surface area contributed by atoms with Crippen LogP contribution >= 0.6 is 0 Å². The van der Waals surface area contributed by atoms with E-state index in [0.717, 1.165) is 0 Å². The molecule has 0 aromatic rings. The average Bonchev–Trinajstić information content (AvgIpc) is 3.05. The van der Waals surface area contributed by atoms with Crippen molar-refractivity contribution < 1.29 is 53.6 Å². The van der Waals surface area contributed by atoms with E-state index in [0.29, 0.717) is 13.0 Å². The molecule has 3 rings (SSSR count). The molecule has 2 unspecified atom stereocenters. The largest absolute Gasteiger partial charge is 0.459 e. The van der Waals surface area contributed by atoms with Gasteiger partial charge in [-0.1, -0.05) is 20.8 Å². The number of methoxy groups -OCH3 is 1. The van der Waals surface area contributed by atoms with Crippen molar-refractivity contribution in [2.75, 3.05) is 34.8 Å². The van der Waals surface area contributed by atoms with Crippen LogP contribution in [0.5, 0.6) is 0 Å². The van der Waals surface area contributed by atoms with Gasteiger partial charge in [0.1, 0.15) is 23.9 Å². The summed E-state index contributed by atoms with van der Waals surface area (Å²) in [4.78, 5) is 18.1. The number of carbonyl (C=O) groups excluding carboxylic acids is 1. The molecule has 0 amide bonds. The summed E-state index contributed by atoms with van der Waals surface area (Å²) < 4.78 is 37.9. The lowest BCUT2D eigenvalue weighted by atomic mass is 9.77. The Morgan fingerprint density at radius 1 is 1.00 bits per heavy atom. The third-order valence-corrected chi connectivity index (χ3v) is 12.3. The van der Waals surface area contributed by atoms with Gasteiger partial charge in [-0.3, -0.25) is 4.79 Å². The molecule has 0 aromatic heterocycles. The van der Waals surface area contributed by atoms with Crippen molar-refractivity contribution in [3.05, 3.63) is 0 Å². The van der Waals surface area contributed by atoms with Gasteiger partial charge in [-0.25, -0.2) is 0 Å². The number of cyclic esters (lactones) is 1. The standard InChI is InChI=1S/C38H73N3O11/c1-15-27-38(10,46)32(43)24(6)41(13)19-20(2)17-36(8,45)33(52-35-29(42)26(40(11)12)16-21(3)48-35)22(4)30(23(5)34(44)50-27)51-28-18-37(9,47-14)31(39)25(7)49-28/h20-33,35,42-43,45-46H,15-19,39H2,1-14H3/t20-,21-,22+,23-,24?,25+,26+,27-,28+,29-,30+,31?,32-,33-,35+,36-,37-,38-/m1/s1. The zero-order valence-corrected chi connectivity index (χ0v) is 34.3. The average molecular weight is 748 g/mol. The van der Waals surface area contributed by atoms with Crippen LogP contribution in [0.1, 0.15) is 94.9 Å². The Morgan fingerprint density at radius 3 is 2.17 bits per heavy atom. The molecule has 0 spiro atoms. The smallest absolute Gasteiger partial charge is 0.311 e. The molecule has 14 nitrogen and oxygen atoms in total. The van der Waals surface area contributed by atoms with Gasteiger partial charge in [0.05, 0.1) is 47.6 Å². The number of ether oxygens (including phenoxy) is 6. The minimum atomic E-state index is -1.78. The fourth-order valence-electron chi connectivity index (χ4n) is 8.78. The van der Waals surface area contributed by atoms with E-state index in [2.05, 4.69) is 0 Å². The highest BCUT2D eigenvalue weighted by molar-refractivity contribution is 5.73. The van der Waals surface area contributed by atoms with E-state index >= 15 is 0 Å². The maximum Gasteiger partial charge on any atom is 0.311 e. The van der Waals surface area contributed by atoms with E-state index < -0.39 is 95.9 Å². The number of nitrogens with two attached hydrogens (primary N) is 1. The summed E-state index contributed by atoms with van der Waals surface area (Å²) in [5, 5.41) is 47.3. The first-order valence-electron chi connectivity index (χ1n) is 19.2. The molecule has 3 saturated heterocycles. The van der Waals surface area contributed by atoms with Gasteiger partial charge in [-0.15, -0.1) is 0 Å². The molecule has 3 fully saturated rings. The number of aliphatic hydroxyl groups excluding tert-OH is 2. The minimum Gasteiger partial charge on any atom is -0.459 e. The Labute approximate surface area is 312 Å². The van der Waals surface area contributed by atoms with Crippen molar-refractivity contribution >= 4 is 5.97 Å². The summed E-state index contributed by atoms with van der Waals surface area (Å²) in [5.74, 6) is -2.48. The van der Waals surface area contributed by atoms with Gasteiger partial charge in [-0.2, -0.15) is 0 Å². The molecule has 3 aliphatic rings. The van der Waals surface area contributed by atoms with Crippen molar-refractivity contribution in [3.8, 4) is 0 Å². The maximum absolute atomic E-state index is 14.2. The predicted molar refractivity (Wildman–Crippen MR) is 196 cm³/mol. The van der Waals surface area contributed by atoms with Crippen LogP contribution in [0.25, 0.3) is 0 Å². The molecule has 14 heteroatoms. The maximum atomic E-state index is 14.2. The second-order valence-electron chi connectivity index (χ2n) is 17.2. The van der Waals surface area contributed by atoms with E-state index in [1.807, 2.05) is 72.5 Å². The molecule has 0 bridgehead atoms. The highest BCUT2D eigenvalue weighted by atomic mass is 16.7. The number of hydrogen-bond acceptors (Lipinski definition) is 14. The van der Waals surface area contributed by atoms with Gasteiger partial charge in [0, 0.05) is 38.1 Å². The van der Waals surface area contributed by atoms with Gasteiger partial charge in [0.25, 0.3) is 0 Å². The van der Waals surface area contributed by atoms with Crippen LogP contribution in [0.4, 0.5) is 0 Å². The fraction of sp³-hybridized carbons (Fsp3) is 0.974. The summed E-state index contributed by atoms with van der Waals surface area (Å²) in [5.41, 5.74) is 2.37. The van der Waals surface area contributed by atoms with Gasteiger partial charge < -0.3 is 64.4 Å². The zero-order valence-electron chi connectivity index (χ0n) is 34.3. The normalized spacial score (nSPS) is 49.6. The van der Waals surface area contributed by atoms with E-state index in [4.69, 9.17) is 34.2 Å². The molecule has 0 aliphatic carbocycles. The quantitative estimate of drug-likeness (QED) is 0.238. The SMILES string of the molecule is CC[C@H]1OC(=O)[C@H](C)[C@@H](O[C@H]2C[C@@](C)(OC)C(N)[C@H](C)O2)[C@H](C)[C@@H](O[C@@H]2O[C@H](C)C[C@H](N(C)C)[C@H]2O)[C@](C)(O)C[C@@H](C)CN(C)C(C)[C@@H](O)[C@]1(C)O. The summed E-state index contributed by atoms with van der Waals surface area (Å²) in [6.45, 7) is 18.4. The number of carbonyl (C=O) groups is 1. The van der Waals surface area contributed by atoms with Crippen LogP contribution in [0.3, 0.4) is 0 Å². The summed E-state index contributed by atoms with van der Waals surface area (Å²) in [6, 6.07) is -1.23. The summed E-state index contributed by atoms with van der Waals surface area (Å²) in [7, 11) is 7.23. The van der Waals surface area contributed by atoms with Gasteiger partial charge in [0.2, 0.25) is 0 Å². The molecule has 306 valence electrons. The number of likely N-dealkylation sites (N-methyl/N-ethyl adjacent to an activating group) is 2. The van der Waals surface area contributed by atoms with Gasteiger partial charge >= 0.3 is 5.97 Å². The van der Waals surface area contributed by atoms with E-state index in [1.165, 1.54) is 6.92 Å². The third-order valence-electron chi connectivity index (χ3n) is 12.3. The first-order chi connectivity index (χ1) is 23.9. The Hall–Kier alpha value is -1.01. The molecule has 3 heterocycles. The fourth-order valence-corrected chi connectivity index (χ4v) is 8.78. The predicted octanol–water partition coefficient (Wildman–Crippen LogP) is 1.87. The number of aliphatic hydroxyl groups is 4. The monoisotopic (exact) mass is 748 g/mol. The minimum absolute atomic E-state index is 0.128. The van der Waals surface area contributed by atoms with Gasteiger partial charge in [-0.05, 0) is 94.8 Å². The number of hydrogen-bond donors (Lipinski definition) is 5. The molecule has 18 atom stereocenters. The summed E-state index contributed by atoms with van der Waals surface area (Å²) >= 11 is 0. The Balaban J connectivity index is 2.17. The summed E-state index contributed by atoms with van der Waals surface area (Å²) in [6.07, 6.45) is -6.64. The van der Waals surface area contributed by atoms with Crippen molar-refractivity contribution in [2.24, 2.45) is 23.5 Å². The third kappa shape index (κ3) is 10.0. The zero-order chi connectivity index (χ0) is 39.7. The van der Waals surface area contributed by atoms with Gasteiger partial charge in [0.15, 0.2) is 12.6 Å². The first-order valence-corrected chi connectivity index (χ1v) is 19.2. The molecule has 0 radical (unpaired) electrons. The topological polar surface area (TPSA) is 186 Å². The van der Waals surface area contributed by atoms with Crippen molar-refractivity contribution in [1.82, 2.24) is 9.80 Å².